The van der Waals surface area contributed by atoms with E-state index in [0.29, 0.717) is 6.42 Å². The van der Waals surface area contributed by atoms with E-state index in [1.165, 1.54) is 12.2 Å². The number of benzene rings is 1. The van der Waals surface area contributed by atoms with Crippen molar-refractivity contribution in [3.05, 3.63) is 29.3 Å². The summed E-state index contributed by atoms with van der Waals surface area (Å²) in [5.41, 5.74) is 0. The summed E-state index contributed by atoms with van der Waals surface area (Å²) >= 11 is 7.39. The first-order valence-corrected chi connectivity index (χ1v) is 6.19. The topological polar surface area (TPSA) is 29.5 Å². The van der Waals surface area contributed by atoms with Gasteiger partial charge in [-0.3, -0.25) is 9.63 Å². The Kier molecular flexibility index (Phi) is 5.66. The van der Waals surface area contributed by atoms with Gasteiger partial charge < -0.3 is 0 Å². The van der Waals surface area contributed by atoms with Gasteiger partial charge in [0, 0.05) is 29.1 Å². The molecule has 88 valence electrons. The lowest BCUT2D eigenvalue weighted by molar-refractivity contribution is -0.168. The number of rotatable bonds is 5. The van der Waals surface area contributed by atoms with Crippen molar-refractivity contribution in [2.45, 2.75) is 11.3 Å². The molecule has 0 atom stereocenters. The second-order valence-electron chi connectivity index (χ2n) is 3.13. The first-order chi connectivity index (χ1) is 7.63. The second-order valence-corrected chi connectivity index (χ2v) is 4.73. The normalized spacial score (nSPS) is 10.2. The first-order valence-electron chi connectivity index (χ1n) is 4.82. The molecule has 3 nitrogen and oxygen atoms in total. The van der Waals surface area contributed by atoms with Crippen molar-refractivity contribution >= 4 is 29.3 Å². The Morgan fingerprint density at radius 2 is 2.06 bits per heavy atom. The van der Waals surface area contributed by atoms with Crippen molar-refractivity contribution < 1.29 is 9.63 Å². The Morgan fingerprint density at radius 3 is 2.62 bits per heavy atom. The van der Waals surface area contributed by atoms with E-state index < -0.39 is 0 Å². The minimum Gasteiger partial charge on any atom is -0.275 e. The van der Waals surface area contributed by atoms with Gasteiger partial charge in [0.2, 0.25) is 5.91 Å². The first kappa shape index (κ1) is 13.4. The van der Waals surface area contributed by atoms with Crippen molar-refractivity contribution in [1.82, 2.24) is 5.06 Å². The minimum atomic E-state index is -0.0241. The van der Waals surface area contributed by atoms with Crippen molar-refractivity contribution in [2.24, 2.45) is 0 Å². The van der Waals surface area contributed by atoms with Gasteiger partial charge in [-0.05, 0) is 24.3 Å². The highest BCUT2D eigenvalue weighted by molar-refractivity contribution is 7.99. The zero-order valence-electron chi connectivity index (χ0n) is 9.27. The third-order valence-corrected chi connectivity index (χ3v) is 3.29. The van der Waals surface area contributed by atoms with Gasteiger partial charge in [-0.15, -0.1) is 11.8 Å². The molecule has 0 N–H and O–H groups in total. The maximum absolute atomic E-state index is 11.4. The fourth-order valence-corrected chi connectivity index (χ4v) is 2.01. The Labute approximate surface area is 105 Å². The number of thioether (sulfide) groups is 1. The van der Waals surface area contributed by atoms with Gasteiger partial charge >= 0.3 is 0 Å². The molecule has 0 radical (unpaired) electrons. The molecule has 1 amide bonds. The van der Waals surface area contributed by atoms with E-state index in [1.807, 2.05) is 24.3 Å². The molecule has 0 unspecified atom stereocenters. The molecule has 0 saturated carbocycles. The summed E-state index contributed by atoms with van der Waals surface area (Å²) in [4.78, 5) is 17.3. The molecule has 1 aromatic rings. The Bertz CT molecular complexity index is 342. The Hall–Kier alpha value is -0.710. The van der Waals surface area contributed by atoms with Crippen LogP contribution < -0.4 is 0 Å². The maximum atomic E-state index is 11.4. The average Bonchev–Trinajstić information content (AvgIpc) is 2.30. The summed E-state index contributed by atoms with van der Waals surface area (Å²) in [6.45, 7) is 0. The van der Waals surface area contributed by atoms with Crippen LogP contribution in [0.15, 0.2) is 29.2 Å². The molecule has 0 aliphatic heterocycles. The van der Waals surface area contributed by atoms with Gasteiger partial charge in [-0.2, -0.15) is 0 Å². The van der Waals surface area contributed by atoms with Crippen molar-refractivity contribution in [2.75, 3.05) is 19.9 Å². The third-order valence-electron chi connectivity index (χ3n) is 2.02. The number of carbonyl (C=O) groups excluding carboxylic acids is 1. The summed E-state index contributed by atoms with van der Waals surface area (Å²) in [6, 6.07) is 7.56. The van der Waals surface area contributed by atoms with Crippen LogP contribution in [-0.2, 0) is 9.63 Å². The number of hydrogen-bond acceptors (Lipinski definition) is 3. The lowest BCUT2D eigenvalue weighted by Crippen LogP contribution is -2.25. The highest BCUT2D eigenvalue weighted by Crippen LogP contribution is 2.21. The zero-order chi connectivity index (χ0) is 12.0. The number of hydroxylamine groups is 2. The molecule has 16 heavy (non-hydrogen) atoms. The summed E-state index contributed by atoms with van der Waals surface area (Å²) in [7, 11) is 3.08. The van der Waals surface area contributed by atoms with E-state index in [-0.39, 0.29) is 5.91 Å². The van der Waals surface area contributed by atoms with Crippen molar-refractivity contribution in [1.29, 1.82) is 0 Å². The highest BCUT2D eigenvalue weighted by atomic mass is 35.5. The molecule has 0 aromatic heterocycles. The van der Waals surface area contributed by atoms with Gasteiger partial charge in [0.1, 0.15) is 0 Å². The van der Waals surface area contributed by atoms with E-state index in [9.17, 15) is 4.79 Å². The van der Waals surface area contributed by atoms with Crippen molar-refractivity contribution in [3.8, 4) is 0 Å². The Balaban J connectivity index is 2.30. The van der Waals surface area contributed by atoms with Crippen molar-refractivity contribution in [3.63, 3.8) is 0 Å². The van der Waals surface area contributed by atoms with Gasteiger partial charge in [0.05, 0.1) is 7.11 Å². The molecule has 5 heteroatoms. The smallest absolute Gasteiger partial charge is 0.246 e. The molecule has 0 heterocycles. The zero-order valence-corrected chi connectivity index (χ0v) is 10.8. The minimum absolute atomic E-state index is 0.0241. The fraction of sp³-hybridized carbons (Fsp3) is 0.364. The summed E-state index contributed by atoms with van der Waals surface area (Å²) < 4.78 is 0. The van der Waals surface area contributed by atoms with Crippen LogP contribution >= 0.6 is 23.4 Å². The third kappa shape index (κ3) is 4.43. The molecule has 0 aliphatic rings. The Morgan fingerprint density at radius 1 is 1.44 bits per heavy atom. The van der Waals surface area contributed by atoms with Crippen LogP contribution in [-0.4, -0.2) is 30.9 Å². The summed E-state index contributed by atoms with van der Waals surface area (Å²) in [5.74, 6) is 0.706. The molecule has 0 bridgehead atoms. The number of nitrogens with zero attached hydrogens (tertiary/aromatic N) is 1. The predicted molar refractivity (Wildman–Crippen MR) is 66.6 cm³/mol. The van der Waals surface area contributed by atoms with Gasteiger partial charge in [-0.25, -0.2) is 5.06 Å². The van der Waals surface area contributed by atoms with E-state index in [2.05, 4.69) is 0 Å². The molecule has 0 aliphatic carbocycles. The van der Waals surface area contributed by atoms with Crippen LogP contribution in [0.4, 0.5) is 0 Å². The van der Waals surface area contributed by atoms with E-state index in [4.69, 9.17) is 16.4 Å². The van der Waals surface area contributed by atoms with E-state index >= 15 is 0 Å². The standard InChI is InChI=1S/C11H14ClNO2S/c1-13(15-2)11(14)7-8-16-10-5-3-9(12)4-6-10/h3-6H,7-8H2,1-2H3. The number of hydrogen-bond donors (Lipinski definition) is 0. The van der Waals surface area contributed by atoms with E-state index in [0.717, 1.165) is 15.7 Å². The van der Waals surface area contributed by atoms with E-state index in [1.54, 1.807) is 18.8 Å². The summed E-state index contributed by atoms with van der Waals surface area (Å²) in [6.07, 6.45) is 0.456. The largest absolute Gasteiger partial charge is 0.275 e. The molecule has 1 aromatic carbocycles. The second kappa shape index (κ2) is 6.78. The lowest BCUT2D eigenvalue weighted by atomic mass is 10.4. The van der Waals surface area contributed by atoms with Crippen LogP contribution in [0, 0.1) is 0 Å². The molecule has 0 fully saturated rings. The molecular formula is C11H14ClNO2S. The van der Waals surface area contributed by atoms with Gasteiger partial charge in [0.15, 0.2) is 0 Å². The van der Waals surface area contributed by atoms with Crippen LogP contribution in [0.2, 0.25) is 5.02 Å². The SMILES string of the molecule is CON(C)C(=O)CCSc1ccc(Cl)cc1. The van der Waals surface area contributed by atoms with Gasteiger partial charge in [-0.1, -0.05) is 11.6 Å². The number of halogens is 1. The maximum Gasteiger partial charge on any atom is 0.246 e. The molecular weight excluding hydrogens is 246 g/mol. The highest BCUT2D eigenvalue weighted by Gasteiger charge is 2.07. The number of amides is 1. The van der Waals surface area contributed by atoms with Gasteiger partial charge in [0.25, 0.3) is 0 Å². The summed E-state index contributed by atoms with van der Waals surface area (Å²) in [5, 5.41) is 1.96. The molecule has 0 saturated heterocycles. The monoisotopic (exact) mass is 259 g/mol. The molecule has 0 spiro atoms. The number of carbonyl (C=O) groups is 1. The molecule has 1 rings (SSSR count). The van der Waals surface area contributed by atoms with Crippen LogP contribution in [0.1, 0.15) is 6.42 Å². The van der Waals surface area contributed by atoms with Crippen LogP contribution in [0.5, 0.6) is 0 Å². The fourth-order valence-electron chi connectivity index (χ4n) is 1.05. The quantitative estimate of drug-likeness (QED) is 0.602. The average molecular weight is 260 g/mol. The van der Waals surface area contributed by atoms with Crippen LogP contribution in [0.25, 0.3) is 0 Å². The van der Waals surface area contributed by atoms with Crippen LogP contribution in [0.3, 0.4) is 0 Å². The predicted octanol–water partition coefficient (Wildman–Crippen LogP) is 2.84. The lowest BCUT2D eigenvalue weighted by Gasteiger charge is -2.12.